The lowest BCUT2D eigenvalue weighted by atomic mass is 9.98. The lowest BCUT2D eigenvalue weighted by Crippen LogP contribution is -2.19. The predicted molar refractivity (Wildman–Crippen MR) is 75.5 cm³/mol. The smallest absolute Gasteiger partial charge is 0.130 e. The summed E-state index contributed by atoms with van der Waals surface area (Å²) in [6.07, 6.45) is 1.67. The Hall–Kier alpha value is -1.26. The Morgan fingerprint density at radius 2 is 2.05 bits per heavy atom. The first-order valence-corrected chi connectivity index (χ1v) is 7.20. The number of halogens is 2. The maximum atomic E-state index is 13.9. The Morgan fingerprint density at radius 1 is 1.26 bits per heavy atom. The highest BCUT2D eigenvalue weighted by atomic mass is 32.1. The number of hydrogen-bond donors (Lipinski definition) is 1. The van der Waals surface area contributed by atoms with Crippen LogP contribution in [0.4, 0.5) is 8.78 Å². The summed E-state index contributed by atoms with van der Waals surface area (Å²) in [5, 5.41) is 7.24. The van der Waals surface area contributed by atoms with Gasteiger partial charge in [0.05, 0.1) is 0 Å². The van der Waals surface area contributed by atoms with Gasteiger partial charge in [-0.05, 0) is 60.8 Å². The molecular formula is C15H17F2NS. The standard InChI is InChI=1S/C15H17F2NS/c1-10-7-12(14(17)8-13(10)16)15(18-2)4-3-11-5-6-19-9-11/h5-9,15,18H,3-4H2,1-2H3. The minimum Gasteiger partial charge on any atom is -0.313 e. The first-order chi connectivity index (χ1) is 9.11. The van der Waals surface area contributed by atoms with E-state index in [0.29, 0.717) is 11.1 Å². The quantitative estimate of drug-likeness (QED) is 0.865. The summed E-state index contributed by atoms with van der Waals surface area (Å²) < 4.78 is 27.1. The van der Waals surface area contributed by atoms with Crippen LogP contribution in [0.25, 0.3) is 0 Å². The average Bonchev–Trinajstić information content (AvgIpc) is 2.89. The van der Waals surface area contributed by atoms with Crippen molar-refractivity contribution in [1.29, 1.82) is 0 Å². The SMILES string of the molecule is CNC(CCc1ccsc1)c1cc(C)c(F)cc1F. The van der Waals surface area contributed by atoms with Crippen LogP contribution in [0.5, 0.6) is 0 Å². The third-order valence-electron chi connectivity index (χ3n) is 3.30. The number of rotatable bonds is 5. The lowest BCUT2D eigenvalue weighted by Gasteiger charge is -2.18. The highest BCUT2D eigenvalue weighted by Gasteiger charge is 2.16. The summed E-state index contributed by atoms with van der Waals surface area (Å²) in [4.78, 5) is 0. The van der Waals surface area contributed by atoms with Crippen LogP contribution in [-0.2, 0) is 6.42 Å². The van der Waals surface area contributed by atoms with Crippen molar-refractivity contribution in [2.45, 2.75) is 25.8 Å². The Bertz CT molecular complexity index is 537. The summed E-state index contributed by atoms with van der Waals surface area (Å²) in [6.45, 7) is 1.66. The molecule has 0 amide bonds. The maximum Gasteiger partial charge on any atom is 0.130 e. The Kier molecular flexibility index (Phi) is 4.66. The van der Waals surface area contributed by atoms with Gasteiger partial charge in [0, 0.05) is 17.7 Å². The van der Waals surface area contributed by atoms with E-state index in [9.17, 15) is 8.78 Å². The molecule has 0 saturated carbocycles. The topological polar surface area (TPSA) is 12.0 Å². The van der Waals surface area contributed by atoms with Gasteiger partial charge in [-0.1, -0.05) is 0 Å². The molecule has 1 aromatic heterocycles. The number of benzene rings is 1. The average molecular weight is 281 g/mol. The summed E-state index contributed by atoms with van der Waals surface area (Å²) in [7, 11) is 1.80. The van der Waals surface area contributed by atoms with Gasteiger partial charge in [0.15, 0.2) is 0 Å². The molecule has 0 radical (unpaired) electrons. The van der Waals surface area contributed by atoms with Crippen molar-refractivity contribution < 1.29 is 8.78 Å². The summed E-state index contributed by atoms with van der Waals surface area (Å²) in [5.41, 5.74) is 2.27. The molecule has 1 atom stereocenters. The van der Waals surface area contributed by atoms with E-state index in [1.54, 1.807) is 31.4 Å². The summed E-state index contributed by atoms with van der Waals surface area (Å²) in [5.74, 6) is -0.971. The first-order valence-electron chi connectivity index (χ1n) is 6.25. The van der Waals surface area contributed by atoms with Crippen LogP contribution < -0.4 is 5.32 Å². The van der Waals surface area contributed by atoms with Crippen molar-refractivity contribution in [2.24, 2.45) is 0 Å². The second-order valence-electron chi connectivity index (χ2n) is 4.63. The zero-order chi connectivity index (χ0) is 13.8. The predicted octanol–water partition coefficient (Wildman–Crippen LogP) is 4.23. The number of hydrogen-bond acceptors (Lipinski definition) is 2. The fourth-order valence-electron chi connectivity index (χ4n) is 2.15. The monoisotopic (exact) mass is 281 g/mol. The van der Waals surface area contributed by atoms with Crippen molar-refractivity contribution in [3.8, 4) is 0 Å². The summed E-state index contributed by atoms with van der Waals surface area (Å²) in [6, 6.07) is 4.54. The molecule has 2 aromatic rings. The van der Waals surface area contributed by atoms with Crippen molar-refractivity contribution >= 4 is 11.3 Å². The molecule has 1 nitrogen and oxygen atoms in total. The van der Waals surface area contributed by atoms with Crippen LogP contribution in [-0.4, -0.2) is 7.05 Å². The van der Waals surface area contributed by atoms with Crippen LogP contribution in [0.3, 0.4) is 0 Å². The molecule has 1 heterocycles. The largest absolute Gasteiger partial charge is 0.313 e. The highest BCUT2D eigenvalue weighted by molar-refractivity contribution is 7.07. The maximum absolute atomic E-state index is 13.9. The number of thiophene rings is 1. The number of aryl methyl sites for hydroxylation is 2. The second kappa shape index (κ2) is 6.26. The number of nitrogens with one attached hydrogen (secondary N) is 1. The van der Waals surface area contributed by atoms with Crippen LogP contribution in [0.2, 0.25) is 0 Å². The molecule has 1 N–H and O–H groups in total. The van der Waals surface area contributed by atoms with Gasteiger partial charge in [0.25, 0.3) is 0 Å². The molecule has 0 spiro atoms. The Balaban J connectivity index is 2.15. The van der Waals surface area contributed by atoms with E-state index in [1.165, 1.54) is 5.56 Å². The van der Waals surface area contributed by atoms with E-state index < -0.39 is 11.6 Å². The molecule has 0 bridgehead atoms. The van der Waals surface area contributed by atoms with Crippen LogP contribution >= 0.6 is 11.3 Å². The van der Waals surface area contributed by atoms with E-state index in [1.807, 2.05) is 5.38 Å². The van der Waals surface area contributed by atoms with Crippen molar-refractivity contribution in [1.82, 2.24) is 5.32 Å². The van der Waals surface area contributed by atoms with Gasteiger partial charge < -0.3 is 5.32 Å². The van der Waals surface area contributed by atoms with Crippen molar-refractivity contribution in [3.05, 3.63) is 57.3 Å². The minimum atomic E-state index is -0.492. The fourth-order valence-corrected chi connectivity index (χ4v) is 2.85. The van der Waals surface area contributed by atoms with E-state index >= 15 is 0 Å². The molecule has 2 rings (SSSR count). The molecule has 102 valence electrons. The molecule has 0 fully saturated rings. The van der Waals surface area contributed by atoms with Crippen molar-refractivity contribution in [2.75, 3.05) is 7.05 Å². The van der Waals surface area contributed by atoms with Crippen LogP contribution in [0.15, 0.2) is 29.0 Å². The molecule has 0 saturated heterocycles. The Labute approximate surface area is 116 Å². The molecule has 1 aromatic carbocycles. The molecule has 0 aliphatic rings. The van der Waals surface area contributed by atoms with Gasteiger partial charge >= 0.3 is 0 Å². The molecule has 1 unspecified atom stereocenters. The van der Waals surface area contributed by atoms with Crippen molar-refractivity contribution in [3.63, 3.8) is 0 Å². The van der Waals surface area contributed by atoms with Gasteiger partial charge in [-0.15, -0.1) is 0 Å². The molecule has 0 aliphatic heterocycles. The van der Waals surface area contributed by atoms with E-state index in [0.717, 1.165) is 18.9 Å². The van der Waals surface area contributed by atoms with Crippen LogP contribution in [0.1, 0.15) is 29.2 Å². The zero-order valence-corrected chi connectivity index (χ0v) is 11.9. The fraction of sp³-hybridized carbons (Fsp3) is 0.333. The van der Waals surface area contributed by atoms with Crippen LogP contribution in [0, 0.1) is 18.6 Å². The minimum absolute atomic E-state index is 0.0980. The summed E-state index contributed by atoms with van der Waals surface area (Å²) >= 11 is 1.66. The van der Waals surface area contributed by atoms with Gasteiger partial charge in [0.1, 0.15) is 11.6 Å². The van der Waals surface area contributed by atoms with Gasteiger partial charge in [-0.25, -0.2) is 8.78 Å². The van der Waals surface area contributed by atoms with Gasteiger partial charge in [-0.3, -0.25) is 0 Å². The molecule has 4 heteroatoms. The second-order valence-corrected chi connectivity index (χ2v) is 5.41. The zero-order valence-electron chi connectivity index (χ0n) is 11.0. The Morgan fingerprint density at radius 3 is 2.68 bits per heavy atom. The third-order valence-corrected chi connectivity index (χ3v) is 4.04. The molecule has 0 aliphatic carbocycles. The van der Waals surface area contributed by atoms with E-state index in [-0.39, 0.29) is 6.04 Å². The van der Waals surface area contributed by atoms with E-state index in [4.69, 9.17) is 0 Å². The molecule has 19 heavy (non-hydrogen) atoms. The van der Waals surface area contributed by atoms with E-state index in [2.05, 4.69) is 16.8 Å². The third kappa shape index (κ3) is 3.39. The van der Waals surface area contributed by atoms with Gasteiger partial charge in [0.2, 0.25) is 0 Å². The lowest BCUT2D eigenvalue weighted by molar-refractivity contribution is 0.499. The van der Waals surface area contributed by atoms with Gasteiger partial charge in [-0.2, -0.15) is 11.3 Å². The molecular weight excluding hydrogens is 264 g/mol. The first kappa shape index (κ1) is 14.2. The highest BCUT2D eigenvalue weighted by Crippen LogP contribution is 2.24. The normalized spacial score (nSPS) is 12.6.